The van der Waals surface area contributed by atoms with Crippen LogP contribution in [0.5, 0.6) is 0 Å². The molecule has 0 saturated carbocycles. The van der Waals surface area contributed by atoms with Crippen molar-refractivity contribution in [2.45, 2.75) is 64.1 Å². The number of fused-ring (bicyclic) bond motifs is 3. The lowest BCUT2D eigenvalue weighted by Crippen LogP contribution is -2.28. The summed E-state index contributed by atoms with van der Waals surface area (Å²) in [5, 5.41) is 1.84. The third kappa shape index (κ3) is 4.00. The Morgan fingerprint density at radius 2 is 1.97 bits per heavy atom. The fraction of sp³-hybridized carbons (Fsp3) is 0.370. The Hall–Kier alpha value is -3.01. The molecule has 37 heavy (non-hydrogen) atoms. The second-order valence-electron chi connectivity index (χ2n) is 10.00. The van der Waals surface area contributed by atoms with Gasteiger partial charge in [-0.05, 0) is 62.4 Å². The predicted molar refractivity (Wildman–Crippen MR) is 133 cm³/mol. The van der Waals surface area contributed by atoms with Gasteiger partial charge < -0.3 is 14.0 Å². The molecule has 0 radical (unpaired) electrons. The summed E-state index contributed by atoms with van der Waals surface area (Å²) in [5.41, 5.74) is 2.64. The number of hydrogen-bond donors (Lipinski definition) is 0. The normalized spacial score (nSPS) is 22.8. The maximum Gasteiger partial charge on any atom is 0.266 e. The van der Waals surface area contributed by atoms with E-state index >= 15 is 0 Å². The number of nitrogens with zero attached hydrogens (tertiary/aromatic N) is 4. The summed E-state index contributed by atoms with van der Waals surface area (Å²) < 4.78 is 56.6. The molecule has 3 atom stereocenters. The van der Waals surface area contributed by atoms with Gasteiger partial charge in [-0.3, -0.25) is 4.98 Å². The van der Waals surface area contributed by atoms with Crippen molar-refractivity contribution in [1.29, 1.82) is 0 Å². The molecule has 2 aliphatic rings. The Kier molecular flexibility index (Phi) is 5.78. The van der Waals surface area contributed by atoms with Crippen LogP contribution in [0.15, 0.2) is 48.7 Å². The van der Waals surface area contributed by atoms with Gasteiger partial charge in [-0.15, -0.1) is 0 Å². The van der Waals surface area contributed by atoms with E-state index in [4.69, 9.17) is 21.1 Å². The fourth-order valence-corrected chi connectivity index (χ4v) is 5.90. The minimum Gasteiger partial charge on any atom is -0.342 e. The van der Waals surface area contributed by atoms with Crippen molar-refractivity contribution in [3.63, 3.8) is 0 Å². The number of aryl methyl sites for hydroxylation is 2. The molecule has 10 heteroatoms. The van der Waals surface area contributed by atoms with Crippen LogP contribution in [0.1, 0.15) is 49.4 Å². The summed E-state index contributed by atoms with van der Waals surface area (Å²) in [5.74, 6) is -1.70. The molecule has 1 saturated heterocycles. The zero-order chi connectivity index (χ0) is 26.1. The second-order valence-corrected chi connectivity index (χ2v) is 10.4. The van der Waals surface area contributed by atoms with Crippen molar-refractivity contribution in [1.82, 2.24) is 19.5 Å². The lowest BCUT2D eigenvalue weighted by atomic mass is 9.96. The Morgan fingerprint density at radius 1 is 1.16 bits per heavy atom. The molecular formula is C27H24ClF3N4O2. The molecular weight excluding hydrogens is 505 g/mol. The second kappa shape index (κ2) is 8.79. The van der Waals surface area contributed by atoms with Gasteiger partial charge in [0.2, 0.25) is 0 Å². The molecule has 0 unspecified atom stereocenters. The molecule has 1 fully saturated rings. The van der Waals surface area contributed by atoms with Gasteiger partial charge in [-0.25, -0.2) is 23.1 Å². The Morgan fingerprint density at radius 3 is 2.76 bits per heavy atom. The number of halogens is 4. The quantitative estimate of drug-likeness (QED) is 0.214. The van der Waals surface area contributed by atoms with E-state index in [1.807, 2.05) is 31.5 Å². The summed E-state index contributed by atoms with van der Waals surface area (Å²) in [6, 6.07) is 2.47. The average molecular weight is 529 g/mol. The van der Waals surface area contributed by atoms with E-state index < -0.39 is 23.6 Å². The molecule has 4 aromatic rings. The van der Waals surface area contributed by atoms with Crippen LogP contribution in [0, 0.1) is 12.7 Å². The van der Waals surface area contributed by atoms with Crippen molar-refractivity contribution in [2.24, 2.45) is 0 Å². The SMILES string of the molecule is Cc1cn([C@@H]2C=C(CCc3cc(C(F)F)c(F)c4ccncc34)[C@H]3OC(C)(C)O[C@H]32)c2ncnc(Cl)c12. The Balaban J connectivity index is 1.39. The molecule has 1 aliphatic heterocycles. The first kappa shape index (κ1) is 24.3. The van der Waals surface area contributed by atoms with Gasteiger partial charge in [0.25, 0.3) is 6.43 Å². The smallest absolute Gasteiger partial charge is 0.266 e. The van der Waals surface area contributed by atoms with Crippen molar-refractivity contribution < 1.29 is 22.6 Å². The lowest BCUT2D eigenvalue weighted by molar-refractivity contribution is -0.147. The number of rotatable bonds is 5. The van der Waals surface area contributed by atoms with Gasteiger partial charge in [0.1, 0.15) is 35.2 Å². The van der Waals surface area contributed by atoms with Gasteiger partial charge >= 0.3 is 0 Å². The van der Waals surface area contributed by atoms with Crippen molar-refractivity contribution >= 4 is 33.4 Å². The first-order chi connectivity index (χ1) is 17.6. The highest BCUT2D eigenvalue weighted by Crippen LogP contribution is 2.46. The molecule has 0 N–H and O–H groups in total. The first-order valence-electron chi connectivity index (χ1n) is 12.0. The van der Waals surface area contributed by atoms with Gasteiger partial charge in [0, 0.05) is 29.4 Å². The predicted octanol–water partition coefficient (Wildman–Crippen LogP) is 6.65. The zero-order valence-electron chi connectivity index (χ0n) is 20.4. The van der Waals surface area contributed by atoms with E-state index in [1.165, 1.54) is 30.9 Å². The van der Waals surface area contributed by atoms with Crippen LogP contribution in [0.3, 0.4) is 0 Å². The maximum atomic E-state index is 14.7. The third-order valence-corrected chi connectivity index (χ3v) is 7.48. The van der Waals surface area contributed by atoms with Gasteiger partial charge in [-0.2, -0.15) is 0 Å². The molecule has 1 aliphatic carbocycles. The Labute approximate surface area is 216 Å². The third-order valence-electron chi connectivity index (χ3n) is 7.19. The lowest BCUT2D eigenvalue weighted by Gasteiger charge is -2.22. The highest BCUT2D eigenvalue weighted by atomic mass is 35.5. The van der Waals surface area contributed by atoms with Crippen LogP contribution in [0.25, 0.3) is 21.8 Å². The summed E-state index contributed by atoms with van der Waals surface area (Å²) in [6.45, 7) is 5.69. The number of aromatic nitrogens is 4. The minimum absolute atomic E-state index is 0.145. The Bertz CT molecular complexity index is 1570. The highest BCUT2D eigenvalue weighted by Gasteiger charge is 2.50. The molecule has 192 valence electrons. The van der Waals surface area contributed by atoms with Crippen LogP contribution >= 0.6 is 11.6 Å². The molecule has 6 nitrogen and oxygen atoms in total. The van der Waals surface area contributed by atoms with Crippen LogP contribution < -0.4 is 0 Å². The maximum absolute atomic E-state index is 14.7. The molecule has 3 aromatic heterocycles. The van der Waals surface area contributed by atoms with E-state index in [2.05, 4.69) is 21.0 Å². The number of pyridine rings is 1. The van der Waals surface area contributed by atoms with Crippen molar-refractivity contribution in [2.75, 3.05) is 0 Å². The van der Waals surface area contributed by atoms with Crippen LogP contribution in [0.4, 0.5) is 13.2 Å². The summed E-state index contributed by atoms with van der Waals surface area (Å²) in [4.78, 5) is 12.7. The number of alkyl halides is 2. The van der Waals surface area contributed by atoms with Crippen LogP contribution in [0.2, 0.25) is 5.15 Å². The monoisotopic (exact) mass is 528 g/mol. The van der Waals surface area contributed by atoms with Gasteiger partial charge in [0.15, 0.2) is 5.79 Å². The zero-order valence-corrected chi connectivity index (χ0v) is 21.1. The van der Waals surface area contributed by atoms with Crippen molar-refractivity contribution in [3.8, 4) is 0 Å². The minimum atomic E-state index is -2.91. The summed E-state index contributed by atoms with van der Waals surface area (Å²) in [7, 11) is 0. The summed E-state index contributed by atoms with van der Waals surface area (Å²) >= 11 is 6.36. The topological polar surface area (TPSA) is 62.1 Å². The van der Waals surface area contributed by atoms with Crippen molar-refractivity contribution in [3.05, 3.63) is 76.4 Å². The molecule has 0 amide bonds. The number of hydrogen-bond acceptors (Lipinski definition) is 5. The van der Waals surface area contributed by atoms with Crippen LogP contribution in [-0.4, -0.2) is 37.5 Å². The first-order valence-corrected chi connectivity index (χ1v) is 12.4. The molecule has 1 aromatic carbocycles. The fourth-order valence-electron chi connectivity index (χ4n) is 5.62. The molecule has 4 heterocycles. The standard InChI is InChI=1S/C27H24ClF3N4O2/c1-13-11-35(26-20(13)24(28)33-12-34-26)19-9-15(22-23(19)37-27(2,3)36-22)5-4-14-8-17(25(30)31)21(29)16-6-7-32-10-18(14)16/h6-12,19,22-23,25H,4-5H2,1-3H3/t19-,22-,23+/m1/s1. The van der Waals surface area contributed by atoms with E-state index in [9.17, 15) is 13.2 Å². The summed E-state index contributed by atoms with van der Waals surface area (Å²) in [6.07, 6.45) is 5.82. The molecule has 6 rings (SSSR count). The van der Waals surface area contributed by atoms with E-state index in [1.54, 1.807) is 0 Å². The van der Waals surface area contributed by atoms with E-state index in [-0.39, 0.29) is 23.6 Å². The van der Waals surface area contributed by atoms with Gasteiger partial charge in [0.05, 0.1) is 17.0 Å². The highest BCUT2D eigenvalue weighted by molar-refractivity contribution is 6.34. The number of benzene rings is 1. The molecule has 0 bridgehead atoms. The number of ether oxygens (including phenoxy) is 2. The largest absolute Gasteiger partial charge is 0.342 e. The van der Waals surface area contributed by atoms with Gasteiger partial charge in [-0.1, -0.05) is 17.7 Å². The van der Waals surface area contributed by atoms with E-state index in [0.29, 0.717) is 34.6 Å². The average Bonchev–Trinajstić information content (AvgIpc) is 3.47. The van der Waals surface area contributed by atoms with E-state index in [0.717, 1.165) is 16.5 Å². The molecule has 0 spiro atoms. The van der Waals surface area contributed by atoms with Crippen LogP contribution in [-0.2, 0) is 15.9 Å².